The number of aromatic nitrogens is 2. The Bertz CT molecular complexity index is 963. The fraction of sp³-hybridized carbons (Fsp3) is 0.167. The summed E-state index contributed by atoms with van der Waals surface area (Å²) in [6.45, 7) is 0. The lowest BCUT2D eigenvalue weighted by Crippen LogP contribution is -2.13. The number of benzene rings is 2. The van der Waals surface area contributed by atoms with Crippen LogP contribution < -0.4 is 9.47 Å². The Morgan fingerprint density at radius 3 is 2.62 bits per heavy atom. The van der Waals surface area contributed by atoms with Crippen molar-refractivity contribution in [2.45, 2.75) is 6.10 Å². The van der Waals surface area contributed by atoms with Gasteiger partial charge in [0.25, 0.3) is 0 Å². The first-order chi connectivity index (χ1) is 12.5. The minimum atomic E-state index is -1.10. The summed E-state index contributed by atoms with van der Waals surface area (Å²) in [7, 11) is 2.79. The molecule has 0 aliphatic carbocycles. The van der Waals surface area contributed by atoms with Crippen molar-refractivity contribution < 1.29 is 24.1 Å². The number of rotatable bonds is 6. The van der Waals surface area contributed by atoms with Crippen LogP contribution in [0.3, 0.4) is 0 Å². The third kappa shape index (κ3) is 3.68. The third-order valence-electron chi connectivity index (χ3n) is 3.65. The lowest BCUT2D eigenvalue weighted by atomic mass is 10.1. The molecule has 2 aromatic carbocycles. The SMILES string of the molecule is COc1cc(C(OC)C(=O)O)ccc1Oc1cnc2cc(Cl)ccc2n1. The zero-order valence-corrected chi connectivity index (χ0v) is 14.7. The van der Waals surface area contributed by atoms with Crippen LogP contribution in [0.5, 0.6) is 17.4 Å². The van der Waals surface area contributed by atoms with E-state index in [0.29, 0.717) is 33.1 Å². The van der Waals surface area contributed by atoms with Crippen molar-refractivity contribution in [3.63, 3.8) is 0 Å². The summed E-state index contributed by atoms with van der Waals surface area (Å²) in [5.74, 6) is -0.0995. The van der Waals surface area contributed by atoms with Crippen molar-refractivity contribution in [3.05, 3.63) is 53.2 Å². The summed E-state index contributed by atoms with van der Waals surface area (Å²) in [6, 6.07) is 9.90. The molecular formula is C18H15ClN2O5. The lowest BCUT2D eigenvalue weighted by Gasteiger charge is -2.14. The number of carboxylic acid groups (broad SMARTS) is 1. The highest BCUT2D eigenvalue weighted by Gasteiger charge is 2.21. The van der Waals surface area contributed by atoms with Crippen LogP contribution in [0.2, 0.25) is 5.02 Å². The zero-order chi connectivity index (χ0) is 18.7. The van der Waals surface area contributed by atoms with Gasteiger partial charge >= 0.3 is 5.97 Å². The molecule has 0 fully saturated rings. The molecule has 0 saturated carbocycles. The molecule has 1 N–H and O–H groups in total. The molecule has 134 valence electrons. The average Bonchev–Trinajstić information content (AvgIpc) is 2.63. The van der Waals surface area contributed by atoms with Crippen molar-refractivity contribution >= 4 is 28.6 Å². The Kier molecular flexibility index (Phi) is 5.20. The van der Waals surface area contributed by atoms with Gasteiger partial charge in [-0.25, -0.2) is 14.8 Å². The molecule has 8 heteroatoms. The number of fused-ring (bicyclic) bond motifs is 1. The van der Waals surface area contributed by atoms with Gasteiger partial charge < -0.3 is 19.3 Å². The summed E-state index contributed by atoms with van der Waals surface area (Å²) in [6.07, 6.45) is 0.379. The fourth-order valence-electron chi connectivity index (χ4n) is 2.44. The van der Waals surface area contributed by atoms with E-state index >= 15 is 0 Å². The van der Waals surface area contributed by atoms with Gasteiger partial charge in [-0.1, -0.05) is 17.7 Å². The van der Waals surface area contributed by atoms with Crippen LogP contribution in [0.25, 0.3) is 11.0 Å². The molecule has 3 rings (SSSR count). The van der Waals surface area contributed by atoms with Gasteiger partial charge in [-0.3, -0.25) is 0 Å². The summed E-state index contributed by atoms with van der Waals surface area (Å²) in [5, 5.41) is 9.76. The molecule has 1 unspecified atom stereocenters. The molecule has 0 aliphatic rings. The topological polar surface area (TPSA) is 90.8 Å². The van der Waals surface area contributed by atoms with E-state index in [1.807, 2.05) is 0 Å². The minimum Gasteiger partial charge on any atom is -0.493 e. The van der Waals surface area contributed by atoms with Gasteiger partial charge in [0.05, 0.1) is 24.3 Å². The Morgan fingerprint density at radius 1 is 1.12 bits per heavy atom. The molecule has 0 radical (unpaired) electrons. The van der Waals surface area contributed by atoms with Crippen LogP contribution >= 0.6 is 11.6 Å². The van der Waals surface area contributed by atoms with Crippen LogP contribution in [-0.4, -0.2) is 35.3 Å². The number of halogens is 1. The van der Waals surface area contributed by atoms with Gasteiger partial charge in [0.15, 0.2) is 17.6 Å². The van der Waals surface area contributed by atoms with Crippen molar-refractivity contribution in [2.75, 3.05) is 14.2 Å². The molecule has 1 atom stereocenters. The standard InChI is InChI=1S/C18H15ClN2O5/c1-24-15-7-10(17(25-2)18(22)23)3-6-14(15)26-16-9-20-13-8-11(19)4-5-12(13)21-16/h3-9,17H,1-2H3,(H,22,23). The monoisotopic (exact) mass is 374 g/mol. The second-order valence-corrected chi connectivity index (χ2v) is 5.74. The van der Waals surface area contributed by atoms with Crippen molar-refractivity contribution in [3.8, 4) is 17.4 Å². The summed E-state index contributed by atoms with van der Waals surface area (Å²) >= 11 is 5.93. The molecule has 0 spiro atoms. The van der Waals surface area contributed by atoms with Crippen molar-refractivity contribution in [1.29, 1.82) is 0 Å². The predicted molar refractivity (Wildman–Crippen MR) is 95.0 cm³/mol. The van der Waals surface area contributed by atoms with E-state index < -0.39 is 12.1 Å². The van der Waals surface area contributed by atoms with Gasteiger partial charge in [-0.15, -0.1) is 0 Å². The maximum Gasteiger partial charge on any atom is 0.337 e. The summed E-state index contributed by atoms with van der Waals surface area (Å²) in [5.41, 5.74) is 1.72. The molecule has 3 aromatic rings. The number of aliphatic carboxylic acids is 1. The van der Waals surface area contributed by atoms with Crippen LogP contribution in [0, 0.1) is 0 Å². The first kappa shape index (κ1) is 17.9. The van der Waals surface area contributed by atoms with Crippen LogP contribution in [0.4, 0.5) is 0 Å². The molecule has 0 bridgehead atoms. The second kappa shape index (κ2) is 7.55. The number of hydrogen-bond donors (Lipinski definition) is 1. The van der Waals surface area contributed by atoms with Gasteiger partial charge in [-0.05, 0) is 35.9 Å². The van der Waals surface area contributed by atoms with E-state index in [9.17, 15) is 9.90 Å². The molecular weight excluding hydrogens is 360 g/mol. The third-order valence-corrected chi connectivity index (χ3v) is 3.88. The second-order valence-electron chi connectivity index (χ2n) is 5.31. The molecule has 1 heterocycles. The maximum atomic E-state index is 11.2. The fourth-order valence-corrected chi connectivity index (χ4v) is 2.61. The molecule has 1 aromatic heterocycles. The number of methoxy groups -OCH3 is 2. The minimum absolute atomic E-state index is 0.271. The Morgan fingerprint density at radius 2 is 1.92 bits per heavy atom. The van der Waals surface area contributed by atoms with Gasteiger partial charge in [0.2, 0.25) is 5.88 Å². The van der Waals surface area contributed by atoms with E-state index in [2.05, 4.69) is 9.97 Å². The number of carboxylic acids is 1. The first-order valence-electron chi connectivity index (χ1n) is 7.55. The lowest BCUT2D eigenvalue weighted by molar-refractivity contribution is -0.148. The highest BCUT2D eigenvalue weighted by atomic mass is 35.5. The number of hydrogen-bond acceptors (Lipinski definition) is 6. The molecule has 0 amide bonds. The van der Waals surface area contributed by atoms with Gasteiger partial charge in [-0.2, -0.15) is 0 Å². The van der Waals surface area contributed by atoms with Crippen LogP contribution in [0.15, 0.2) is 42.6 Å². The van der Waals surface area contributed by atoms with Gasteiger partial charge in [0.1, 0.15) is 0 Å². The number of ether oxygens (including phenoxy) is 3. The largest absolute Gasteiger partial charge is 0.493 e. The average molecular weight is 375 g/mol. The Labute approximate surface area is 154 Å². The first-order valence-corrected chi connectivity index (χ1v) is 7.93. The molecule has 7 nitrogen and oxygen atoms in total. The van der Waals surface area contributed by atoms with E-state index in [-0.39, 0.29) is 5.88 Å². The van der Waals surface area contributed by atoms with Crippen molar-refractivity contribution in [2.24, 2.45) is 0 Å². The van der Waals surface area contributed by atoms with E-state index in [4.69, 9.17) is 25.8 Å². The van der Waals surface area contributed by atoms with E-state index in [0.717, 1.165) is 0 Å². The maximum absolute atomic E-state index is 11.2. The van der Waals surface area contributed by atoms with Crippen molar-refractivity contribution in [1.82, 2.24) is 9.97 Å². The normalized spacial score (nSPS) is 12.0. The Balaban J connectivity index is 1.92. The zero-order valence-electron chi connectivity index (χ0n) is 14.0. The summed E-state index contributed by atoms with van der Waals surface area (Å²) < 4.78 is 16.0. The predicted octanol–water partition coefficient (Wildman–Crippen LogP) is 3.86. The molecule has 0 saturated heterocycles. The van der Waals surface area contributed by atoms with E-state index in [1.165, 1.54) is 20.4 Å². The van der Waals surface area contributed by atoms with Crippen LogP contribution in [0.1, 0.15) is 11.7 Å². The molecule has 0 aliphatic heterocycles. The number of nitrogens with zero attached hydrogens (tertiary/aromatic N) is 2. The van der Waals surface area contributed by atoms with E-state index in [1.54, 1.807) is 36.4 Å². The highest BCUT2D eigenvalue weighted by Crippen LogP contribution is 2.34. The quantitative estimate of drug-likeness (QED) is 0.700. The highest BCUT2D eigenvalue weighted by molar-refractivity contribution is 6.31. The smallest absolute Gasteiger partial charge is 0.337 e. The van der Waals surface area contributed by atoms with Gasteiger partial charge in [0, 0.05) is 12.1 Å². The Hall–Kier alpha value is -2.90. The molecule has 26 heavy (non-hydrogen) atoms. The summed E-state index contributed by atoms with van der Waals surface area (Å²) in [4.78, 5) is 19.9. The number of carbonyl (C=O) groups is 1. The van der Waals surface area contributed by atoms with Crippen LogP contribution in [-0.2, 0) is 9.53 Å².